The van der Waals surface area contributed by atoms with Crippen LogP contribution in [-0.2, 0) is 0 Å². The molecule has 0 bridgehead atoms. The van der Waals surface area contributed by atoms with Gasteiger partial charge < -0.3 is 22.1 Å². The molecule has 0 aliphatic rings. The third kappa shape index (κ3) is 4.94. The molecule has 31 heavy (non-hydrogen) atoms. The molecular weight excluding hydrogens is 380 g/mol. The molecule has 4 aromatic carbocycles. The van der Waals surface area contributed by atoms with E-state index in [-0.39, 0.29) is 12.1 Å². The van der Waals surface area contributed by atoms with E-state index in [0.29, 0.717) is 6.67 Å². The molecule has 4 aromatic rings. The molecule has 4 heteroatoms. The number of rotatable bonds is 8. The number of nitrogens with one attached hydrogen (secondary N) is 2. The van der Waals surface area contributed by atoms with Crippen LogP contribution in [0.25, 0.3) is 0 Å². The minimum atomic E-state index is -0.191. The van der Waals surface area contributed by atoms with Gasteiger partial charge in [-0.1, -0.05) is 97.1 Å². The predicted molar refractivity (Wildman–Crippen MR) is 130 cm³/mol. The van der Waals surface area contributed by atoms with E-state index in [1.54, 1.807) is 0 Å². The molecule has 0 spiro atoms. The fraction of sp³-hybridized carbons (Fsp3) is 0.111. The van der Waals surface area contributed by atoms with Crippen LogP contribution in [0.15, 0.2) is 109 Å². The second-order valence-electron chi connectivity index (χ2n) is 7.48. The van der Waals surface area contributed by atoms with Crippen molar-refractivity contribution in [1.82, 2.24) is 0 Å². The first-order valence-corrected chi connectivity index (χ1v) is 10.5. The molecule has 0 saturated heterocycles. The van der Waals surface area contributed by atoms with Crippen molar-refractivity contribution in [2.24, 2.45) is 11.5 Å². The summed E-state index contributed by atoms with van der Waals surface area (Å²) >= 11 is 0. The quantitative estimate of drug-likeness (QED) is 0.300. The van der Waals surface area contributed by atoms with Gasteiger partial charge >= 0.3 is 0 Å². The van der Waals surface area contributed by atoms with Gasteiger partial charge in [0.15, 0.2) is 0 Å². The van der Waals surface area contributed by atoms with E-state index in [1.807, 2.05) is 60.7 Å². The maximum atomic E-state index is 6.55. The van der Waals surface area contributed by atoms with Crippen molar-refractivity contribution in [3.05, 3.63) is 131 Å². The van der Waals surface area contributed by atoms with E-state index in [0.717, 1.165) is 33.6 Å². The lowest BCUT2D eigenvalue weighted by atomic mass is 9.98. The molecule has 6 N–H and O–H groups in total. The van der Waals surface area contributed by atoms with Gasteiger partial charge in [0.1, 0.15) is 0 Å². The first kappa shape index (κ1) is 20.7. The van der Waals surface area contributed by atoms with E-state index in [4.69, 9.17) is 11.5 Å². The lowest BCUT2D eigenvalue weighted by Gasteiger charge is -2.21. The van der Waals surface area contributed by atoms with Gasteiger partial charge in [0, 0.05) is 11.4 Å². The van der Waals surface area contributed by atoms with Crippen LogP contribution in [0.5, 0.6) is 0 Å². The summed E-state index contributed by atoms with van der Waals surface area (Å²) < 4.78 is 0. The van der Waals surface area contributed by atoms with Crippen LogP contribution < -0.4 is 22.1 Å². The highest BCUT2D eigenvalue weighted by Crippen LogP contribution is 2.28. The fourth-order valence-electron chi connectivity index (χ4n) is 3.77. The monoisotopic (exact) mass is 408 g/mol. The molecule has 0 aliphatic heterocycles. The minimum absolute atomic E-state index is 0.191. The zero-order valence-corrected chi connectivity index (χ0v) is 17.4. The zero-order valence-electron chi connectivity index (χ0n) is 17.4. The van der Waals surface area contributed by atoms with Crippen molar-refractivity contribution in [2.45, 2.75) is 12.1 Å². The Morgan fingerprint density at radius 2 is 0.839 bits per heavy atom. The van der Waals surface area contributed by atoms with Crippen molar-refractivity contribution in [3.63, 3.8) is 0 Å². The number of para-hydroxylation sites is 2. The van der Waals surface area contributed by atoms with Crippen molar-refractivity contribution in [3.8, 4) is 0 Å². The molecule has 156 valence electrons. The Kier molecular flexibility index (Phi) is 6.62. The molecule has 0 saturated carbocycles. The zero-order chi connectivity index (χ0) is 21.5. The molecule has 4 nitrogen and oxygen atoms in total. The topological polar surface area (TPSA) is 76.1 Å². The molecule has 0 fully saturated rings. The largest absolute Gasteiger partial charge is 0.368 e. The highest BCUT2D eigenvalue weighted by Gasteiger charge is 2.14. The van der Waals surface area contributed by atoms with Crippen LogP contribution in [0.2, 0.25) is 0 Å². The Bertz CT molecular complexity index is 1010. The van der Waals surface area contributed by atoms with Gasteiger partial charge in [0.2, 0.25) is 0 Å². The van der Waals surface area contributed by atoms with Gasteiger partial charge in [-0.05, 0) is 34.4 Å². The highest BCUT2D eigenvalue weighted by molar-refractivity contribution is 5.58. The van der Waals surface area contributed by atoms with Crippen LogP contribution in [0, 0.1) is 0 Å². The van der Waals surface area contributed by atoms with Gasteiger partial charge in [0.25, 0.3) is 0 Å². The first-order chi connectivity index (χ1) is 15.2. The Labute approximate surface area is 183 Å². The van der Waals surface area contributed by atoms with Crippen molar-refractivity contribution < 1.29 is 0 Å². The van der Waals surface area contributed by atoms with Crippen LogP contribution in [0.1, 0.15) is 34.3 Å². The summed E-state index contributed by atoms with van der Waals surface area (Å²) in [6, 6.07) is 36.2. The number of nitrogens with two attached hydrogens (primary N) is 2. The Hall–Kier alpha value is -3.60. The molecule has 0 amide bonds. The van der Waals surface area contributed by atoms with Crippen LogP contribution in [0.4, 0.5) is 11.4 Å². The summed E-state index contributed by atoms with van der Waals surface area (Å²) in [6.45, 7) is 0.553. The summed E-state index contributed by atoms with van der Waals surface area (Å²) in [7, 11) is 0. The van der Waals surface area contributed by atoms with Crippen molar-refractivity contribution in [1.29, 1.82) is 0 Å². The van der Waals surface area contributed by atoms with E-state index in [1.165, 1.54) is 0 Å². The van der Waals surface area contributed by atoms with Gasteiger partial charge in [-0.15, -0.1) is 0 Å². The second kappa shape index (κ2) is 9.94. The summed E-state index contributed by atoms with van der Waals surface area (Å²) in [5.41, 5.74) is 19.4. The molecular formula is C27H28N4. The number of anilines is 2. The summed E-state index contributed by atoms with van der Waals surface area (Å²) in [5.74, 6) is 0. The Balaban J connectivity index is 1.48. The van der Waals surface area contributed by atoms with Crippen molar-refractivity contribution >= 4 is 11.4 Å². The van der Waals surface area contributed by atoms with Crippen LogP contribution in [0.3, 0.4) is 0 Å². The Morgan fingerprint density at radius 3 is 1.26 bits per heavy atom. The number of benzene rings is 4. The maximum Gasteiger partial charge on any atom is 0.0849 e. The lowest BCUT2D eigenvalue weighted by molar-refractivity contribution is 0.868. The first-order valence-electron chi connectivity index (χ1n) is 10.5. The lowest BCUT2D eigenvalue weighted by Crippen LogP contribution is -2.19. The SMILES string of the molecule is NC(c1ccccc1)c1ccccc1NCNc1ccccc1C(N)c1ccccc1. The number of hydrogen-bond donors (Lipinski definition) is 4. The summed E-state index contributed by atoms with van der Waals surface area (Å²) in [5, 5.41) is 6.97. The molecule has 4 rings (SSSR count). The van der Waals surface area contributed by atoms with Gasteiger partial charge in [-0.2, -0.15) is 0 Å². The van der Waals surface area contributed by atoms with Crippen molar-refractivity contribution in [2.75, 3.05) is 17.3 Å². The predicted octanol–water partition coefficient (Wildman–Crippen LogP) is 5.26. The highest BCUT2D eigenvalue weighted by atomic mass is 15.1. The summed E-state index contributed by atoms with van der Waals surface area (Å²) in [4.78, 5) is 0. The third-order valence-electron chi connectivity index (χ3n) is 5.47. The maximum absolute atomic E-state index is 6.55. The molecule has 2 unspecified atom stereocenters. The van der Waals surface area contributed by atoms with Gasteiger partial charge in [-0.25, -0.2) is 0 Å². The van der Waals surface area contributed by atoms with E-state index < -0.39 is 0 Å². The normalized spacial score (nSPS) is 12.7. The minimum Gasteiger partial charge on any atom is -0.368 e. The van der Waals surface area contributed by atoms with E-state index in [2.05, 4.69) is 59.2 Å². The Morgan fingerprint density at radius 1 is 0.484 bits per heavy atom. The molecule has 0 radical (unpaired) electrons. The summed E-state index contributed by atoms with van der Waals surface area (Å²) in [6.07, 6.45) is 0. The molecule has 0 aliphatic carbocycles. The number of hydrogen-bond acceptors (Lipinski definition) is 4. The third-order valence-corrected chi connectivity index (χ3v) is 5.47. The van der Waals surface area contributed by atoms with Gasteiger partial charge in [0.05, 0.1) is 18.8 Å². The smallest absolute Gasteiger partial charge is 0.0849 e. The van der Waals surface area contributed by atoms with Gasteiger partial charge in [-0.3, -0.25) is 0 Å². The van der Waals surface area contributed by atoms with E-state index in [9.17, 15) is 0 Å². The van der Waals surface area contributed by atoms with Crippen LogP contribution in [-0.4, -0.2) is 6.67 Å². The molecule has 0 heterocycles. The second-order valence-corrected chi connectivity index (χ2v) is 7.48. The van der Waals surface area contributed by atoms with E-state index >= 15 is 0 Å². The average Bonchev–Trinajstić information content (AvgIpc) is 2.85. The molecule has 2 atom stereocenters. The average molecular weight is 409 g/mol. The molecule has 0 aromatic heterocycles. The fourth-order valence-corrected chi connectivity index (χ4v) is 3.77. The van der Waals surface area contributed by atoms with Crippen LogP contribution >= 0.6 is 0 Å². The standard InChI is InChI=1S/C27H28N4/c28-26(20-11-3-1-4-12-20)22-15-7-9-17-24(22)30-19-31-25-18-10-8-16-23(25)27(29)21-13-5-2-6-14-21/h1-18,26-27,30-31H,19,28-29H2.